The van der Waals surface area contributed by atoms with Gasteiger partial charge in [-0.05, 0) is 49.7 Å². The molecule has 0 bridgehead atoms. The fourth-order valence-corrected chi connectivity index (χ4v) is 4.22. The number of hydrogen-bond acceptors (Lipinski definition) is 3. The molecule has 0 saturated heterocycles. The van der Waals surface area contributed by atoms with E-state index in [2.05, 4.69) is 10.4 Å². The molecule has 1 unspecified atom stereocenters. The highest BCUT2D eigenvalue weighted by Gasteiger charge is 2.18. The Morgan fingerprint density at radius 3 is 2.56 bits per heavy atom. The molecular formula is C21H18ClN3OS. The van der Waals surface area contributed by atoms with Crippen LogP contribution in [0.5, 0.6) is 0 Å². The van der Waals surface area contributed by atoms with Gasteiger partial charge in [0.1, 0.15) is 4.83 Å². The van der Waals surface area contributed by atoms with E-state index in [4.69, 9.17) is 11.6 Å². The molecule has 0 aliphatic carbocycles. The van der Waals surface area contributed by atoms with Gasteiger partial charge < -0.3 is 5.32 Å². The van der Waals surface area contributed by atoms with E-state index in [9.17, 15) is 4.79 Å². The van der Waals surface area contributed by atoms with Crippen LogP contribution in [0.15, 0.2) is 60.7 Å². The molecule has 27 heavy (non-hydrogen) atoms. The van der Waals surface area contributed by atoms with E-state index in [1.807, 2.05) is 79.2 Å². The number of aryl methyl sites for hydroxylation is 1. The van der Waals surface area contributed by atoms with Crippen LogP contribution in [0, 0.1) is 6.92 Å². The average molecular weight is 396 g/mol. The molecule has 0 aliphatic rings. The second-order valence-corrected chi connectivity index (χ2v) is 7.88. The highest BCUT2D eigenvalue weighted by atomic mass is 35.5. The second-order valence-electron chi connectivity index (χ2n) is 6.41. The van der Waals surface area contributed by atoms with Crippen LogP contribution in [-0.2, 0) is 0 Å². The summed E-state index contributed by atoms with van der Waals surface area (Å²) in [6.45, 7) is 3.94. The Bertz CT molecular complexity index is 1100. The summed E-state index contributed by atoms with van der Waals surface area (Å²) in [5.74, 6) is -0.0744. The van der Waals surface area contributed by atoms with Gasteiger partial charge >= 0.3 is 0 Å². The molecular weight excluding hydrogens is 378 g/mol. The van der Waals surface area contributed by atoms with Crippen molar-refractivity contribution < 1.29 is 4.79 Å². The number of rotatable bonds is 4. The predicted octanol–water partition coefficient (Wildman–Crippen LogP) is 5.54. The predicted molar refractivity (Wildman–Crippen MR) is 111 cm³/mol. The molecule has 0 aliphatic heterocycles. The monoisotopic (exact) mass is 395 g/mol. The number of nitrogens with zero attached hydrogens (tertiary/aromatic N) is 2. The number of hydrogen-bond donors (Lipinski definition) is 1. The minimum atomic E-state index is -0.0744. The summed E-state index contributed by atoms with van der Waals surface area (Å²) in [6, 6.07) is 19.3. The smallest absolute Gasteiger partial charge is 0.261 e. The summed E-state index contributed by atoms with van der Waals surface area (Å²) >= 11 is 7.43. The van der Waals surface area contributed by atoms with Crippen LogP contribution in [-0.4, -0.2) is 15.7 Å². The van der Waals surface area contributed by atoms with Crippen molar-refractivity contribution >= 4 is 39.1 Å². The summed E-state index contributed by atoms with van der Waals surface area (Å²) in [6.07, 6.45) is 0. The molecule has 2 aromatic heterocycles. The highest BCUT2D eigenvalue weighted by molar-refractivity contribution is 7.20. The minimum Gasteiger partial charge on any atom is -0.345 e. The van der Waals surface area contributed by atoms with Gasteiger partial charge in [0.05, 0.1) is 22.3 Å². The van der Waals surface area contributed by atoms with Crippen molar-refractivity contribution in [1.82, 2.24) is 15.1 Å². The van der Waals surface area contributed by atoms with Crippen LogP contribution in [0.4, 0.5) is 0 Å². The maximum Gasteiger partial charge on any atom is 0.261 e. The Kier molecular flexibility index (Phi) is 4.72. The number of fused-ring (bicyclic) bond motifs is 1. The molecule has 0 radical (unpaired) electrons. The molecule has 0 saturated carbocycles. The normalized spacial score (nSPS) is 12.3. The third-order valence-electron chi connectivity index (χ3n) is 4.49. The first kappa shape index (κ1) is 17.8. The first-order valence-electron chi connectivity index (χ1n) is 8.64. The molecule has 4 aromatic rings. The Labute approximate surface area is 166 Å². The lowest BCUT2D eigenvalue weighted by molar-refractivity contribution is 0.0944. The molecule has 2 heterocycles. The number of aromatic nitrogens is 2. The maximum atomic E-state index is 12.8. The van der Waals surface area contributed by atoms with Crippen molar-refractivity contribution in [1.29, 1.82) is 0 Å². The van der Waals surface area contributed by atoms with Crippen molar-refractivity contribution in [3.63, 3.8) is 0 Å². The number of nitrogens with one attached hydrogen (secondary N) is 1. The van der Waals surface area contributed by atoms with Crippen LogP contribution in [0.1, 0.15) is 33.9 Å². The van der Waals surface area contributed by atoms with Crippen molar-refractivity contribution in [3.05, 3.63) is 81.8 Å². The summed E-state index contributed by atoms with van der Waals surface area (Å²) in [5, 5.41) is 9.36. The summed E-state index contributed by atoms with van der Waals surface area (Å²) in [5.41, 5.74) is 2.89. The number of carbonyl (C=O) groups is 1. The van der Waals surface area contributed by atoms with Gasteiger partial charge in [-0.2, -0.15) is 5.10 Å². The van der Waals surface area contributed by atoms with E-state index >= 15 is 0 Å². The lowest BCUT2D eigenvalue weighted by atomic mass is 10.1. The molecule has 4 rings (SSSR count). The molecule has 1 atom stereocenters. The zero-order valence-electron chi connectivity index (χ0n) is 14.9. The fourth-order valence-electron chi connectivity index (χ4n) is 3.01. The van der Waals surface area contributed by atoms with Gasteiger partial charge in [0.25, 0.3) is 5.91 Å². The van der Waals surface area contributed by atoms with E-state index < -0.39 is 0 Å². The molecule has 0 fully saturated rings. The standard InChI is InChI=1S/C21H18ClN3OS/c1-13(15-6-4-3-5-7-15)23-20(26)19-12-18-14(2)24-25(21(18)27-19)17-10-8-16(22)9-11-17/h3-13H,1-2H3,(H,23,26). The second kappa shape index (κ2) is 7.18. The zero-order chi connectivity index (χ0) is 19.0. The molecule has 4 nitrogen and oxygen atoms in total. The quantitative estimate of drug-likeness (QED) is 0.493. The van der Waals surface area contributed by atoms with Crippen LogP contribution < -0.4 is 5.32 Å². The number of thiophene rings is 1. The van der Waals surface area contributed by atoms with Crippen LogP contribution in [0.2, 0.25) is 5.02 Å². The van der Waals surface area contributed by atoms with Crippen molar-refractivity contribution in [2.75, 3.05) is 0 Å². The highest BCUT2D eigenvalue weighted by Crippen LogP contribution is 2.31. The van der Waals surface area contributed by atoms with Crippen LogP contribution >= 0.6 is 22.9 Å². The van der Waals surface area contributed by atoms with Crippen molar-refractivity contribution in [2.45, 2.75) is 19.9 Å². The van der Waals surface area contributed by atoms with Gasteiger partial charge in [0.15, 0.2) is 0 Å². The average Bonchev–Trinajstić information content (AvgIpc) is 3.24. The Balaban J connectivity index is 1.64. The SMILES string of the molecule is Cc1nn(-c2ccc(Cl)cc2)c2sc(C(=O)NC(C)c3ccccc3)cc12. The number of benzene rings is 2. The third kappa shape index (κ3) is 3.48. The number of amides is 1. The zero-order valence-corrected chi connectivity index (χ0v) is 16.5. The number of halogens is 1. The Morgan fingerprint density at radius 1 is 1.15 bits per heavy atom. The molecule has 1 amide bonds. The van der Waals surface area contributed by atoms with Gasteiger partial charge in [0, 0.05) is 10.4 Å². The van der Waals surface area contributed by atoms with Gasteiger partial charge in [0.2, 0.25) is 0 Å². The number of carbonyl (C=O) groups excluding carboxylic acids is 1. The van der Waals surface area contributed by atoms with E-state index in [0.29, 0.717) is 9.90 Å². The molecule has 136 valence electrons. The van der Waals surface area contributed by atoms with E-state index in [1.165, 1.54) is 11.3 Å². The van der Waals surface area contributed by atoms with E-state index in [0.717, 1.165) is 27.2 Å². The van der Waals surface area contributed by atoms with Gasteiger partial charge in [-0.3, -0.25) is 4.79 Å². The summed E-state index contributed by atoms with van der Waals surface area (Å²) < 4.78 is 1.86. The largest absolute Gasteiger partial charge is 0.345 e. The molecule has 1 N–H and O–H groups in total. The van der Waals surface area contributed by atoms with Gasteiger partial charge in [-0.15, -0.1) is 11.3 Å². The van der Waals surface area contributed by atoms with E-state index in [-0.39, 0.29) is 11.9 Å². The van der Waals surface area contributed by atoms with E-state index in [1.54, 1.807) is 0 Å². The minimum absolute atomic E-state index is 0.0576. The van der Waals surface area contributed by atoms with Crippen LogP contribution in [0.25, 0.3) is 15.9 Å². The van der Waals surface area contributed by atoms with Gasteiger partial charge in [-0.25, -0.2) is 4.68 Å². The lowest BCUT2D eigenvalue weighted by Crippen LogP contribution is -2.25. The van der Waals surface area contributed by atoms with Gasteiger partial charge in [-0.1, -0.05) is 41.9 Å². The molecule has 0 spiro atoms. The Hall–Kier alpha value is -2.63. The summed E-state index contributed by atoms with van der Waals surface area (Å²) in [4.78, 5) is 14.4. The Morgan fingerprint density at radius 2 is 1.85 bits per heavy atom. The maximum absolute atomic E-state index is 12.8. The van der Waals surface area contributed by atoms with Crippen molar-refractivity contribution in [3.8, 4) is 5.69 Å². The third-order valence-corrected chi connectivity index (χ3v) is 5.85. The van der Waals surface area contributed by atoms with Crippen molar-refractivity contribution in [2.24, 2.45) is 0 Å². The first-order chi connectivity index (χ1) is 13.0. The first-order valence-corrected chi connectivity index (χ1v) is 9.83. The fraction of sp³-hybridized carbons (Fsp3) is 0.143. The lowest BCUT2D eigenvalue weighted by Gasteiger charge is -2.13. The molecule has 2 aromatic carbocycles. The van der Waals surface area contributed by atoms with Crippen LogP contribution in [0.3, 0.4) is 0 Å². The topological polar surface area (TPSA) is 46.9 Å². The summed E-state index contributed by atoms with van der Waals surface area (Å²) in [7, 11) is 0. The molecule has 6 heteroatoms.